The molecule has 0 saturated heterocycles. The molecule has 0 N–H and O–H groups in total. The van der Waals surface area contributed by atoms with Gasteiger partial charge in [-0.2, -0.15) is 0 Å². The lowest BCUT2D eigenvalue weighted by Gasteiger charge is -2.41. The van der Waals surface area contributed by atoms with E-state index < -0.39 is 0 Å². The highest BCUT2D eigenvalue weighted by atomic mass is 79.9. The van der Waals surface area contributed by atoms with Crippen molar-refractivity contribution in [2.24, 2.45) is 11.8 Å². The maximum Gasteiger partial charge on any atom is -0.00104 e. The largest absolute Gasteiger partial charge is 0.0703 e. The van der Waals surface area contributed by atoms with Crippen LogP contribution in [0.1, 0.15) is 29.4 Å². The molecular weight excluding hydrogens is 236 g/mol. The Balaban J connectivity index is 1.90. The number of allylic oxidation sites excluding steroid dienone is 2. The minimum absolute atomic E-state index is 0.805. The molecule has 0 unspecified atom stereocenters. The molecule has 2 bridgehead atoms. The monoisotopic (exact) mass is 246 g/mol. The first-order valence-corrected chi connectivity index (χ1v) is 6.11. The van der Waals surface area contributed by atoms with Crippen LogP contribution in [0.5, 0.6) is 0 Å². The molecule has 1 aromatic carbocycles. The first-order chi connectivity index (χ1) is 6.86. The third-order valence-electron chi connectivity index (χ3n) is 4.25. The van der Waals surface area contributed by atoms with Gasteiger partial charge in [-0.1, -0.05) is 46.3 Å². The van der Waals surface area contributed by atoms with Gasteiger partial charge in [0.15, 0.2) is 0 Å². The summed E-state index contributed by atoms with van der Waals surface area (Å²) < 4.78 is 1.47. The SMILES string of the molecule is BrC1=C[C@H]2C[C@@H]1[C@@H]1c3ccccc3[C@@H]12. The fraction of sp³-hybridized carbons (Fsp3) is 0.385. The first kappa shape index (κ1) is 7.70. The Hall–Kier alpha value is -0.560. The average molecular weight is 247 g/mol. The van der Waals surface area contributed by atoms with Gasteiger partial charge in [-0.05, 0) is 45.7 Å². The van der Waals surface area contributed by atoms with Crippen LogP contribution in [0.3, 0.4) is 0 Å². The van der Waals surface area contributed by atoms with Gasteiger partial charge >= 0.3 is 0 Å². The van der Waals surface area contributed by atoms with E-state index in [0.29, 0.717) is 0 Å². The van der Waals surface area contributed by atoms with Crippen molar-refractivity contribution in [2.45, 2.75) is 18.3 Å². The topological polar surface area (TPSA) is 0 Å². The van der Waals surface area contributed by atoms with Gasteiger partial charge < -0.3 is 0 Å². The maximum absolute atomic E-state index is 3.71. The molecule has 4 rings (SSSR count). The summed E-state index contributed by atoms with van der Waals surface area (Å²) in [6.45, 7) is 0. The van der Waals surface area contributed by atoms with Crippen molar-refractivity contribution in [1.29, 1.82) is 0 Å². The lowest BCUT2D eigenvalue weighted by molar-refractivity contribution is 0.441. The van der Waals surface area contributed by atoms with Gasteiger partial charge in [0.2, 0.25) is 0 Å². The number of halogens is 1. The number of rotatable bonds is 0. The van der Waals surface area contributed by atoms with Crippen molar-refractivity contribution in [3.05, 3.63) is 46.0 Å². The molecule has 1 heteroatoms. The van der Waals surface area contributed by atoms with E-state index in [9.17, 15) is 0 Å². The zero-order valence-electron chi connectivity index (χ0n) is 7.78. The van der Waals surface area contributed by atoms with Gasteiger partial charge in [-0.25, -0.2) is 0 Å². The van der Waals surface area contributed by atoms with Crippen molar-refractivity contribution in [1.82, 2.24) is 0 Å². The smallest absolute Gasteiger partial charge is 0.00104 e. The second-order valence-electron chi connectivity index (χ2n) is 4.74. The summed E-state index contributed by atoms with van der Waals surface area (Å²) in [5, 5.41) is 0. The molecule has 70 valence electrons. The molecule has 0 aliphatic heterocycles. The second-order valence-corrected chi connectivity index (χ2v) is 5.65. The molecule has 3 aliphatic carbocycles. The zero-order chi connectivity index (χ0) is 9.28. The first-order valence-electron chi connectivity index (χ1n) is 5.32. The van der Waals surface area contributed by atoms with Crippen LogP contribution < -0.4 is 0 Å². The van der Waals surface area contributed by atoms with Crippen molar-refractivity contribution in [3.63, 3.8) is 0 Å². The van der Waals surface area contributed by atoms with E-state index in [2.05, 4.69) is 46.3 Å². The average Bonchev–Trinajstić information content (AvgIpc) is 2.65. The minimum Gasteiger partial charge on any atom is -0.0703 e. The van der Waals surface area contributed by atoms with E-state index in [0.717, 1.165) is 23.7 Å². The maximum atomic E-state index is 3.71. The fourth-order valence-corrected chi connectivity index (χ4v) is 4.55. The van der Waals surface area contributed by atoms with E-state index in [4.69, 9.17) is 0 Å². The molecular formula is C13H11Br. The molecule has 0 amide bonds. The van der Waals surface area contributed by atoms with E-state index >= 15 is 0 Å². The molecule has 1 aromatic rings. The van der Waals surface area contributed by atoms with Gasteiger partial charge in [0.25, 0.3) is 0 Å². The Morgan fingerprint density at radius 3 is 2.57 bits per heavy atom. The van der Waals surface area contributed by atoms with Crippen LogP contribution in [0.4, 0.5) is 0 Å². The molecule has 0 aromatic heterocycles. The molecule has 0 radical (unpaired) electrons. The Morgan fingerprint density at radius 1 is 1.07 bits per heavy atom. The van der Waals surface area contributed by atoms with Gasteiger partial charge in [-0.3, -0.25) is 0 Å². The number of hydrogen-bond donors (Lipinski definition) is 0. The summed E-state index contributed by atoms with van der Waals surface area (Å²) >= 11 is 3.71. The third-order valence-corrected chi connectivity index (χ3v) is 5.10. The predicted molar refractivity (Wildman–Crippen MR) is 60.5 cm³/mol. The fourth-order valence-electron chi connectivity index (χ4n) is 3.74. The molecule has 0 heterocycles. The van der Waals surface area contributed by atoms with Crippen molar-refractivity contribution < 1.29 is 0 Å². The Bertz CT molecular complexity index is 446. The molecule has 1 saturated carbocycles. The predicted octanol–water partition coefficient (Wildman–Crippen LogP) is 3.80. The van der Waals surface area contributed by atoms with E-state index in [1.807, 2.05) is 0 Å². The number of fused-ring (bicyclic) bond motifs is 8. The highest BCUT2D eigenvalue weighted by Gasteiger charge is 2.55. The van der Waals surface area contributed by atoms with Crippen molar-refractivity contribution in [3.8, 4) is 0 Å². The molecule has 14 heavy (non-hydrogen) atoms. The highest BCUT2D eigenvalue weighted by molar-refractivity contribution is 9.11. The zero-order valence-corrected chi connectivity index (χ0v) is 9.37. The van der Waals surface area contributed by atoms with E-state index in [1.165, 1.54) is 10.9 Å². The van der Waals surface area contributed by atoms with E-state index in [1.54, 1.807) is 11.1 Å². The van der Waals surface area contributed by atoms with Crippen molar-refractivity contribution >= 4 is 15.9 Å². The lowest BCUT2D eigenvalue weighted by atomic mass is 9.63. The molecule has 4 atom stereocenters. The summed E-state index contributed by atoms with van der Waals surface area (Å²) in [4.78, 5) is 0. The Morgan fingerprint density at radius 2 is 1.79 bits per heavy atom. The van der Waals surface area contributed by atoms with Crippen LogP contribution in [0.15, 0.2) is 34.8 Å². The Labute approximate surface area is 92.1 Å². The third kappa shape index (κ3) is 0.692. The van der Waals surface area contributed by atoms with Crippen LogP contribution in [-0.2, 0) is 0 Å². The van der Waals surface area contributed by atoms with E-state index in [-0.39, 0.29) is 0 Å². The van der Waals surface area contributed by atoms with Gasteiger partial charge in [0.1, 0.15) is 0 Å². The van der Waals surface area contributed by atoms with Crippen LogP contribution in [0.25, 0.3) is 0 Å². The van der Waals surface area contributed by atoms with Crippen LogP contribution in [-0.4, -0.2) is 0 Å². The van der Waals surface area contributed by atoms with Crippen LogP contribution in [0.2, 0.25) is 0 Å². The lowest BCUT2D eigenvalue weighted by Crippen LogP contribution is -2.28. The molecule has 0 spiro atoms. The quantitative estimate of drug-likeness (QED) is 0.654. The van der Waals surface area contributed by atoms with Crippen LogP contribution in [0, 0.1) is 11.8 Å². The Kier molecular flexibility index (Phi) is 1.28. The minimum atomic E-state index is 0.805. The highest BCUT2D eigenvalue weighted by Crippen LogP contribution is 2.67. The van der Waals surface area contributed by atoms with Crippen molar-refractivity contribution in [2.75, 3.05) is 0 Å². The van der Waals surface area contributed by atoms with Gasteiger partial charge in [0, 0.05) is 0 Å². The molecule has 0 nitrogen and oxygen atoms in total. The second kappa shape index (κ2) is 2.33. The van der Waals surface area contributed by atoms with Gasteiger partial charge in [0.05, 0.1) is 0 Å². The summed E-state index contributed by atoms with van der Waals surface area (Å²) in [7, 11) is 0. The van der Waals surface area contributed by atoms with Crippen LogP contribution >= 0.6 is 15.9 Å². The number of hydrogen-bond acceptors (Lipinski definition) is 0. The standard InChI is InChI=1S/C13H11Br/c14-11-6-7-5-10(11)13-9-4-2-1-3-8(9)12(7)13/h1-4,6-7,10,12-13H,5H2/t7-,10+,12+,13+/m1/s1. The summed E-state index contributed by atoms with van der Waals surface area (Å²) in [6.07, 6.45) is 3.83. The van der Waals surface area contributed by atoms with Gasteiger partial charge in [-0.15, -0.1) is 0 Å². The molecule has 3 aliphatic rings. The summed E-state index contributed by atoms with van der Waals surface area (Å²) in [5.74, 6) is 3.34. The summed E-state index contributed by atoms with van der Waals surface area (Å²) in [5.41, 5.74) is 3.25. The summed E-state index contributed by atoms with van der Waals surface area (Å²) in [6, 6.07) is 8.99. The normalized spacial score (nSPS) is 41.4. The number of benzene rings is 1. The molecule has 1 fully saturated rings.